The molecule has 1 N–H and O–H groups in total. The van der Waals surface area contributed by atoms with Crippen LogP contribution in [0.4, 0.5) is 0 Å². The normalized spacial score (nSPS) is 24.5. The Bertz CT molecular complexity index is 592. The molecule has 0 aromatic carbocycles. The molecule has 6 nitrogen and oxygen atoms in total. The summed E-state index contributed by atoms with van der Waals surface area (Å²) in [6.45, 7) is 2.57. The van der Waals surface area contributed by atoms with Gasteiger partial charge in [-0.2, -0.15) is 0 Å². The van der Waals surface area contributed by atoms with Gasteiger partial charge in [0.25, 0.3) is 0 Å². The molecular weight excluding hydrogens is 306 g/mol. The van der Waals surface area contributed by atoms with Gasteiger partial charge in [0, 0.05) is 44.1 Å². The van der Waals surface area contributed by atoms with Gasteiger partial charge in [-0.05, 0) is 31.4 Å². The highest BCUT2D eigenvalue weighted by atomic mass is 16.3. The zero-order valence-electron chi connectivity index (χ0n) is 14.0. The Morgan fingerprint density at radius 2 is 2.17 bits per heavy atom. The van der Waals surface area contributed by atoms with Gasteiger partial charge in [0.1, 0.15) is 0 Å². The van der Waals surface area contributed by atoms with Crippen LogP contribution in [-0.2, 0) is 16.1 Å². The van der Waals surface area contributed by atoms with Crippen molar-refractivity contribution in [1.29, 1.82) is 0 Å². The molecule has 6 heteroatoms. The molecule has 2 saturated heterocycles. The molecule has 1 aromatic rings. The van der Waals surface area contributed by atoms with E-state index in [-0.39, 0.29) is 30.3 Å². The largest absolute Gasteiger partial charge is 0.396 e. The summed E-state index contributed by atoms with van der Waals surface area (Å²) in [6, 6.07) is 5.74. The summed E-state index contributed by atoms with van der Waals surface area (Å²) in [5, 5.41) is 9.00. The average Bonchev–Trinajstić information content (AvgIpc) is 2.60. The van der Waals surface area contributed by atoms with Crippen LogP contribution in [0.5, 0.6) is 0 Å². The molecular formula is C18H25N3O3. The molecule has 2 amide bonds. The van der Waals surface area contributed by atoms with Crippen molar-refractivity contribution >= 4 is 11.8 Å². The van der Waals surface area contributed by atoms with E-state index in [1.54, 1.807) is 6.20 Å². The van der Waals surface area contributed by atoms with Gasteiger partial charge in [-0.25, -0.2) is 0 Å². The molecule has 3 rings (SSSR count). The lowest BCUT2D eigenvalue weighted by molar-refractivity contribution is -0.144. The number of hydrogen-bond acceptors (Lipinski definition) is 4. The van der Waals surface area contributed by atoms with Crippen molar-refractivity contribution < 1.29 is 14.7 Å². The van der Waals surface area contributed by atoms with Crippen LogP contribution in [0.25, 0.3) is 0 Å². The van der Waals surface area contributed by atoms with Crippen LogP contribution in [0.2, 0.25) is 0 Å². The van der Waals surface area contributed by atoms with Crippen LogP contribution in [0.1, 0.15) is 37.8 Å². The number of piperidine rings is 2. The van der Waals surface area contributed by atoms with Gasteiger partial charge in [-0.15, -0.1) is 0 Å². The first-order valence-corrected chi connectivity index (χ1v) is 8.68. The number of hydrogen-bond donors (Lipinski definition) is 1. The highest BCUT2D eigenvalue weighted by molar-refractivity contribution is 5.78. The van der Waals surface area contributed by atoms with Gasteiger partial charge >= 0.3 is 0 Å². The summed E-state index contributed by atoms with van der Waals surface area (Å²) >= 11 is 0. The van der Waals surface area contributed by atoms with Gasteiger partial charge in [0.15, 0.2) is 0 Å². The highest BCUT2D eigenvalue weighted by Crippen LogP contribution is 2.39. The Hall–Kier alpha value is -1.95. The second-order valence-corrected chi connectivity index (χ2v) is 6.96. The van der Waals surface area contributed by atoms with Crippen molar-refractivity contribution in [3.05, 3.63) is 30.1 Å². The van der Waals surface area contributed by atoms with E-state index in [1.165, 1.54) is 0 Å². The van der Waals surface area contributed by atoms with Gasteiger partial charge in [0.05, 0.1) is 18.8 Å². The first-order valence-electron chi connectivity index (χ1n) is 8.68. The van der Waals surface area contributed by atoms with Crippen molar-refractivity contribution in [3.8, 4) is 0 Å². The maximum atomic E-state index is 12.3. The number of carbonyl (C=O) groups excluding carboxylic acids is 2. The summed E-state index contributed by atoms with van der Waals surface area (Å²) in [5.41, 5.74) is 0.887. The van der Waals surface area contributed by atoms with E-state index < -0.39 is 0 Å². The number of carbonyl (C=O) groups is 2. The van der Waals surface area contributed by atoms with Gasteiger partial charge in [-0.1, -0.05) is 6.07 Å². The zero-order valence-corrected chi connectivity index (χ0v) is 14.0. The van der Waals surface area contributed by atoms with Crippen LogP contribution in [0, 0.1) is 5.41 Å². The third-order valence-corrected chi connectivity index (χ3v) is 5.17. The van der Waals surface area contributed by atoms with E-state index in [1.807, 2.05) is 28.0 Å². The van der Waals surface area contributed by atoms with Gasteiger partial charge in [-0.3, -0.25) is 14.6 Å². The number of aromatic nitrogens is 1. The molecule has 2 aliphatic heterocycles. The van der Waals surface area contributed by atoms with Crippen molar-refractivity contribution in [2.45, 2.75) is 38.6 Å². The summed E-state index contributed by atoms with van der Waals surface area (Å²) in [6.07, 6.45) is 5.31. The molecule has 2 fully saturated rings. The number of rotatable bonds is 4. The summed E-state index contributed by atoms with van der Waals surface area (Å²) < 4.78 is 0. The summed E-state index contributed by atoms with van der Waals surface area (Å²) in [5.74, 6) is 0.190. The number of aliphatic hydroxyl groups is 1. The Morgan fingerprint density at radius 3 is 2.92 bits per heavy atom. The Kier molecular flexibility index (Phi) is 5.14. The fraction of sp³-hybridized carbons (Fsp3) is 0.611. The summed E-state index contributed by atoms with van der Waals surface area (Å²) in [4.78, 5) is 32.5. The van der Waals surface area contributed by atoms with Crippen molar-refractivity contribution in [3.63, 3.8) is 0 Å². The molecule has 0 saturated carbocycles. The van der Waals surface area contributed by atoms with E-state index in [4.69, 9.17) is 5.11 Å². The smallest absolute Gasteiger partial charge is 0.224 e. The minimum Gasteiger partial charge on any atom is -0.396 e. The number of amides is 2. The van der Waals surface area contributed by atoms with Crippen molar-refractivity contribution in [2.75, 3.05) is 26.2 Å². The van der Waals surface area contributed by atoms with E-state index >= 15 is 0 Å². The van der Waals surface area contributed by atoms with Crippen LogP contribution < -0.4 is 0 Å². The molecule has 1 aromatic heterocycles. The van der Waals surface area contributed by atoms with Gasteiger partial charge in [0.2, 0.25) is 11.8 Å². The fourth-order valence-electron chi connectivity index (χ4n) is 3.94. The molecule has 0 bridgehead atoms. The average molecular weight is 331 g/mol. The molecule has 130 valence electrons. The quantitative estimate of drug-likeness (QED) is 0.899. The molecule has 24 heavy (non-hydrogen) atoms. The number of aliphatic hydroxyl groups excluding tert-OH is 1. The monoisotopic (exact) mass is 331 g/mol. The van der Waals surface area contributed by atoms with E-state index in [0.29, 0.717) is 26.1 Å². The standard InChI is InChI=1S/C18H25N3O3/c22-11-6-17(24)20-10-3-7-18(13-20)8-5-16(23)21(14-18)12-15-4-1-2-9-19-15/h1-2,4,9,22H,3,5-8,10-14H2/t18-/m1/s1. The van der Waals surface area contributed by atoms with Crippen molar-refractivity contribution in [2.24, 2.45) is 5.41 Å². The Balaban J connectivity index is 1.69. The SMILES string of the molecule is O=C(CCO)N1CCC[C@@]2(CCC(=O)N(Cc3ccccn3)C2)C1. The van der Waals surface area contributed by atoms with E-state index in [9.17, 15) is 9.59 Å². The first kappa shape index (κ1) is 16.9. The van der Waals surface area contributed by atoms with Crippen LogP contribution in [0.3, 0.4) is 0 Å². The second-order valence-electron chi connectivity index (χ2n) is 6.96. The maximum Gasteiger partial charge on any atom is 0.224 e. The van der Waals surface area contributed by atoms with Crippen molar-refractivity contribution in [1.82, 2.24) is 14.8 Å². The third-order valence-electron chi connectivity index (χ3n) is 5.17. The lowest BCUT2D eigenvalue weighted by Crippen LogP contribution is -2.54. The molecule has 0 radical (unpaired) electrons. The number of pyridine rings is 1. The number of nitrogens with zero attached hydrogens (tertiary/aromatic N) is 3. The lowest BCUT2D eigenvalue weighted by atomic mass is 9.73. The second kappa shape index (κ2) is 7.30. The maximum absolute atomic E-state index is 12.3. The third kappa shape index (κ3) is 3.75. The Labute approximate surface area is 142 Å². The van der Waals surface area contributed by atoms with Crippen LogP contribution in [-0.4, -0.2) is 57.9 Å². The fourth-order valence-corrected chi connectivity index (χ4v) is 3.94. The Morgan fingerprint density at radius 1 is 1.29 bits per heavy atom. The highest BCUT2D eigenvalue weighted by Gasteiger charge is 2.42. The van der Waals surface area contributed by atoms with Crippen LogP contribution >= 0.6 is 0 Å². The predicted octanol–water partition coefficient (Wildman–Crippen LogP) is 1.20. The minimum atomic E-state index is -0.105. The van der Waals surface area contributed by atoms with Gasteiger partial charge < -0.3 is 14.9 Å². The van der Waals surface area contributed by atoms with E-state index in [0.717, 1.165) is 31.5 Å². The van der Waals surface area contributed by atoms with Crippen LogP contribution in [0.15, 0.2) is 24.4 Å². The molecule has 0 unspecified atom stereocenters. The van der Waals surface area contributed by atoms with E-state index in [2.05, 4.69) is 4.98 Å². The minimum absolute atomic E-state index is 0.00788. The molecule has 1 spiro atoms. The number of likely N-dealkylation sites (tertiary alicyclic amines) is 2. The topological polar surface area (TPSA) is 73.7 Å². The summed E-state index contributed by atoms with van der Waals surface area (Å²) in [7, 11) is 0. The molecule has 0 aliphatic carbocycles. The lowest BCUT2D eigenvalue weighted by Gasteiger charge is -2.48. The molecule has 3 heterocycles. The first-order chi connectivity index (χ1) is 11.6. The predicted molar refractivity (Wildman–Crippen MR) is 88.8 cm³/mol. The molecule has 1 atom stereocenters. The molecule has 2 aliphatic rings. The zero-order chi connectivity index (χ0) is 17.0.